The number of primary sulfonamides is 1. The van der Waals surface area contributed by atoms with E-state index in [-0.39, 0.29) is 32.0 Å². The minimum atomic E-state index is -4.43. The lowest BCUT2D eigenvalue weighted by Gasteiger charge is -2.14. The van der Waals surface area contributed by atoms with Crippen molar-refractivity contribution in [3.63, 3.8) is 0 Å². The topological polar surface area (TPSA) is 198 Å². The summed E-state index contributed by atoms with van der Waals surface area (Å²) in [6.45, 7) is 1.38. The van der Waals surface area contributed by atoms with E-state index in [1.165, 1.54) is 37.3 Å². The van der Waals surface area contributed by atoms with E-state index < -0.39 is 32.2 Å². The molecule has 0 aliphatic heterocycles. The van der Waals surface area contributed by atoms with E-state index in [2.05, 4.69) is 15.8 Å². The number of nitrogens with two attached hydrogens (primary N) is 1. The summed E-state index contributed by atoms with van der Waals surface area (Å²) < 4.78 is 59.9. The van der Waals surface area contributed by atoms with Crippen LogP contribution < -0.4 is 15.3 Å². The van der Waals surface area contributed by atoms with Crippen LogP contribution in [0.1, 0.15) is 6.92 Å². The van der Waals surface area contributed by atoms with Crippen molar-refractivity contribution in [3.8, 4) is 11.5 Å². The first kappa shape index (κ1) is 25.3. The number of nitrogens with one attached hydrogen (secondary N) is 1. The van der Waals surface area contributed by atoms with E-state index in [1.807, 2.05) is 0 Å². The Balaban J connectivity index is 1.75. The maximum Gasteiger partial charge on any atom is 0.294 e. The Morgan fingerprint density at radius 1 is 1.09 bits per heavy atom. The number of ether oxygens (including phenoxy) is 1. The van der Waals surface area contributed by atoms with Crippen LogP contribution in [0.2, 0.25) is 5.02 Å². The normalized spacial score (nSPS) is 13.2. The fourth-order valence-electron chi connectivity index (χ4n) is 2.76. The van der Waals surface area contributed by atoms with Gasteiger partial charge in [-0.1, -0.05) is 29.0 Å². The second-order valence-corrected chi connectivity index (χ2v) is 10.3. The SMILES string of the molecule is CC(Oc1ccc(S(N)(=O)=O)cc1Cl)C(=O)NN=Nc1c(O)ccc2cc(S(=O)(=O)O)ccc12. The zero-order chi connectivity index (χ0) is 25.3. The molecule has 180 valence electrons. The highest BCUT2D eigenvalue weighted by atomic mass is 35.5. The Morgan fingerprint density at radius 3 is 2.38 bits per heavy atom. The molecule has 12 nitrogen and oxygen atoms in total. The Hall–Kier alpha value is -3.30. The van der Waals surface area contributed by atoms with Crippen LogP contribution in [0, 0.1) is 0 Å². The van der Waals surface area contributed by atoms with Gasteiger partial charge < -0.3 is 9.84 Å². The van der Waals surface area contributed by atoms with E-state index in [9.17, 15) is 31.3 Å². The molecule has 3 rings (SSSR count). The van der Waals surface area contributed by atoms with Gasteiger partial charge in [0.1, 0.15) is 17.2 Å². The number of hydrogen-bond donors (Lipinski definition) is 4. The highest BCUT2D eigenvalue weighted by Gasteiger charge is 2.18. The van der Waals surface area contributed by atoms with Crippen molar-refractivity contribution in [1.82, 2.24) is 5.43 Å². The lowest BCUT2D eigenvalue weighted by molar-refractivity contribution is -0.127. The molecule has 0 aliphatic carbocycles. The van der Waals surface area contributed by atoms with Gasteiger partial charge in [0.15, 0.2) is 6.10 Å². The van der Waals surface area contributed by atoms with Gasteiger partial charge in [0, 0.05) is 5.39 Å². The van der Waals surface area contributed by atoms with Crippen LogP contribution >= 0.6 is 11.6 Å². The molecule has 0 radical (unpaired) electrons. The van der Waals surface area contributed by atoms with Gasteiger partial charge in [-0.25, -0.2) is 19.0 Å². The predicted octanol–water partition coefficient (Wildman–Crippen LogP) is 2.68. The summed E-state index contributed by atoms with van der Waals surface area (Å²) in [7, 11) is -8.39. The van der Waals surface area contributed by atoms with Crippen molar-refractivity contribution in [3.05, 3.63) is 53.6 Å². The van der Waals surface area contributed by atoms with E-state index in [0.717, 1.165) is 18.2 Å². The summed E-state index contributed by atoms with van der Waals surface area (Å²) in [5.41, 5.74) is 2.06. The third-order valence-corrected chi connectivity index (χ3v) is 6.51. The molecule has 0 fully saturated rings. The van der Waals surface area contributed by atoms with Gasteiger partial charge >= 0.3 is 0 Å². The van der Waals surface area contributed by atoms with Crippen molar-refractivity contribution >= 4 is 54.1 Å². The van der Waals surface area contributed by atoms with Crippen molar-refractivity contribution < 1.29 is 36.0 Å². The predicted molar refractivity (Wildman–Crippen MR) is 121 cm³/mol. The smallest absolute Gasteiger partial charge is 0.294 e. The zero-order valence-corrected chi connectivity index (χ0v) is 19.6. The number of sulfonamides is 1. The quantitative estimate of drug-likeness (QED) is 0.204. The number of hydrogen-bond acceptors (Lipinski definition) is 9. The zero-order valence-electron chi connectivity index (χ0n) is 17.2. The van der Waals surface area contributed by atoms with Crippen LogP contribution in [0.25, 0.3) is 10.8 Å². The standard InChI is InChI=1S/C19H17ClN4O8S2/c1-10(32-17-7-4-12(9-15(17)20)33(21,27)28)19(26)23-24-22-18-14-5-3-13(34(29,30)31)8-11(14)2-6-16(18)25/h2-10,25H,1H3,(H2,21,27,28)(H,22,23,26)(H,29,30,31). The number of carbonyl (C=O) groups excluding carboxylic acids is 1. The van der Waals surface area contributed by atoms with Crippen LogP contribution in [-0.4, -0.2) is 38.5 Å². The Bertz CT molecular complexity index is 1520. The third-order valence-electron chi connectivity index (χ3n) is 4.45. The number of fused-ring (bicyclic) bond motifs is 1. The maximum absolute atomic E-state index is 12.3. The Morgan fingerprint density at radius 2 is 1.76 bits per heavy atom. The number of phenolic OH excluding ortho intramolecular Hbond substituents is 1. The molecule has 1 amide bonds. The molecular weight excluding hydrogens is 512 g/mol. The summed E-state index contributed by atoms with van der Waals surface area (Å²) in [4.78, 5) is 11.7. The number of aromatic hydroxyl groups is 1. The van der Waals surface area contributed by atoms with E-state index >= 15 is 0 Å². The van der Waals surface area contributed by atoms with Gasteiger partial charge in [0.05, 0.1) is 14.8 Å². The number of nitrogens with zero attached hydrogens (tertiary/aromatic N) is 2. The maximum atomic E-state index is 12.3. The van der Waals surface area contributed by atoms with Crippen molar-refractivity contribution in [1.29, 1.82) is 0 Å². The summed E-state index contributed by atoms with van der Waals surface area (Å²) in [5, 5.41) is 23.0. The van der Waals surface area contributed by atoms with Crippen LogP contribution in [0.3, 0.4) is 0 Å². The molecule has 1 unspecified atom stereocenters. The van der Waals surface area contributed by atoms with Gasteiger partial charge in [-0.3, -0.25) is 9.35 Å². The molecule has 0 spiro atoms. The first-order valence-corrected chi connectivity index (χ1v) is 12.6. The average Bonchev–Trinajstić information content (AvgIpc) is 2.74. The summed E-state index contributed by atoms with van der Waals surface area (Å²) in [5.74, 6) is -1.02. The molecule has 15 heteroatoms. The molecule has 0 bridgehead atoms. The van der Waals surface area contributed by atoms with Gasteiger partial charge in [0.25, 0.3) is 16.0 Å². The van der Waals surface area contributed by atoms with E-state index in [0.29, 0.717) is 10.8 Å². The second kappa shape index (κ2) is 9.52. The molecule has 0 aromatic heterocycles. The van der Waals surface area contributed by atoms with Crippen LogP contribution in [0.15, 0.2) is 68.7 Å². The lowest BCUT2D eigenvalue weighted by Crippen LogP contribution is -2.33. The molecule has 0 saturated heterocycles. The monoisotopic (exact) mass is 528 g/mol. The molecule has 3 aromatic rings. The van der Waals surface area contributed by atoms with Gasteiger partial charge in [-0.05, 0) is 48.7 Å². The molecule has 3 aromatic carbocycles. The molecule has 0 saturated carbocycles. The Labute approximate surface area is 198 Å². The van der Waals surface area contributed by atoms with Gasteiger partial charge in [-0.2, -0.15) is 8.42 Å². The molecule has 0 aliphatic rings. The second-order valence-electron chi connectivity index (χ2n) is 6.86. The van der Waals surface area contributed by atoms with Crippen molar-refractivity contribution in [2.45, 2.75) is 22.8 Å². The molecule has 1 atom stereocenters. The first-order chi connectivity index (χ1) is 15.8. The number of benzene rings is 3. The van der Waals surface area contributed by atoms with Crippen molar-refractivity contribution in [2.24, 2.45) is 15.5 Å². The summed E-state index contributed by atoms with van der Waals surface area (Å²) >= 11 is 5.98. The fraction of sp³-hybridized carbons (Fsp3) is 0.105. The Kier molecular flexibility index (Phi) is 7.09. The van der Waals surface area contributed by atoms with Crippen LogP contribution in [0.5, 0.6) is 11.5 Å². The minimum Gasteiger partial charge on any atom is -0.506 e. The number of rotatable bonds is 7. The third kappa shape index (κ3) is 5.78. The van der Waals surface area contributed by atoms with Crippen LogP contribution in [0.4, 0.5) is 5.69 Å². The summed E-state index contributed by atoms with van der Waals surface area (Å²) in [6.07, 6.45) is -1.13. The number of phenols is 1. The number of halogens is 1. The fourth-order valence-corrected chi connectivity index (χ4v) is 4.10. The molecule has 0 heterocycles. The van der Waals surface area contributed by atoms with Crippen LogP contribution in [-0.2, 0) is 24.9 Å². The van der Waals surface area contributed by atoms with Crippen molar-refractivity contribution in [2.75, 3.05) is 0 Å². The van der Waals surface area contributed by atoms with Gasteiger partial charge in [-0.15, -0.1) is 5.11 Å². The first-order valence-electron chi connectivity index (χ1n) is 9.20. The highest BCUT2D eigenvalue weighted by molar-refractivity contribution is 7.89. The van der Waals surface area contributed by atoms with E-state index in [4.69, 9.17) is 21.5 Å². The van der Waals surface area contributed by atoms with E-state index in [1.54, 1.807) is 0 Å². The highest BCUT2D eigenvalue weighted by Crippen LogP contribution is 2.36. The van der Waals surface area contributed by atoms with Gasteiger partial charge in [0.2, 0.25) is 10.0 Å². The molecular formula is C19H17ClN4O8S2. The summed E-state index contributed by atoms with van der Waals surface area (Å²) in [6, 6.07) is 9.75. The molecule has 5 N–H and O–H groups in total. The minimum absolute atomic E-state index is 0.0231. The number of amides is 1. The average molecular weight is 529 g/mol. The lowest BCUT2D eigenvalue weighted by atomic mass is 10.1. The molecule has 34 heavy (non-hydrogen) atoms. The number of carbonyl (C=O) groups is 1. The largest absolute Gasteiger partial charge is 0.506 e.